The molecule has 1 unspecified atom stereocenters. The third-order valence-corrected chi connectivity index (χ3v) is 3.69. The van der Waals surface area contributed by atoms with Crippen molar-refractivity contribution >= 4 is 18.0 Å². The smallest absolute Gasteiger partial charge is 0.408 e. The van der Waals surface area contributed by atoms with Gasteiger partial charge in [-0.25, -0.2) is 4.79 Å². The molecule has 0 aliphatic carbocycles. The summed E-state index contributed by atoms with van der Waals surface area (Å²) < 4.78 is 9.88. The van der Waals surface area contributed by atoms with E-state index in [4.69, 9.17) is 9.47 Å². The molecule has 0 heterocycles. The summed E-state index contributed by atoms with van der Waals surface area (Å²) in [5.74, 6) is -3.02. The maximum atomic E-state index is 12.4. The van der Waals surface area contributed by atoms with E-state index in [1.807, 2.05) is 6.07 Å². The van der Waals surface area contributed by atoms with E-state index in [-0.39, 0.29) is 13.3 Å². The van der Waals surface area contributed by atoms with Crippen molar-refractivity contribution in [1.29, 1.82) is 0 Å². The number of hydrogen-bond acceptors (Lipinski definition) is 5. The van der Waals surface area contributed by atoms with Crippen LogP contribution in [0.5, 0.6) is 0 Å². The summed E-state index contributed by atoms with van der Waals surface area (Å²) >= 11 is 0. The molecular weight excluding hydrogens is 340 g/mol. The van der Waals surface area contributed by atoms with Gasteiger partial charge in [-0.2, -0.15) is 0 Å². The summed E-state index contributed by atoms with van der Waals surface area (Å²) in [6.45, 7) is 4.94. The first kappa shape index (κ1) is 21.4. The van der Waals surface area contributed by atoms with Crippen LogP contribution >= 0.6 is 0 Å². The van der Waals surface area contributed by atoms with Gasteiger partial charge in [0.15, 0.2) is 0 Å². The maximum Gasteiger partial charge on any atom is 0.408 e. The first-order valence-corrected chi connectivity index (χ1v) is 8.13. The van der Waals surface area contributed by atoms with Crippen LogP contribution in [0, 0.1) is 11.3 Å². The normalized spacial score (nSPS) is 13.4. The highest BCUT2D eigenvalue weighted by Crippen LogP contribution is 2.29. The number of aliphatic carboxylic acids is 1. The van der Waals surface area contributed by atoms with Crippen molar-refractivity contribution in [3.8, 4) is 0 Å². The number of ether oxygens (including phenoxy) is 2. The van der Waals surface area contributed by atoms with E-state index in [0.29, 0.717) is 0 Å². The largest absolute Gasteiger partial charge is 0.481 e. The van der Waals surface area contributed by atoms with E-state index < -0.39 is 35.3 Å². The third kappa shape index (κ3) is 6.72. The van der Waals surface area contributed by atoms with Crippen LogP contribution in [0.4, 0.5) is 4.79 Å². The quantitative estimate of drug-likeness (QED) is 0.604. The van der Waals surface area contributed by atoms with Crippen molar-refractivity contribution in [1.82, 2.24) is 10.6 Å². The van der Waals surface area contributed by atoms with Gasteiger partial charge in [0.25, 0.3) is 0 Å². The van der Waals surface area contributed by atoms with Gasteiger partial charge in [-0.05, 0) is 11.0 Å². The second-order valence-corrected chi connectivity index (χ2v) is 6.84. The molecule has 26 heavy (non-hydrogen) atoms. The molecule has 3 N–H and O–H groups in total. The van der Waals surface area contributed by atoms with E-state index >= 15 is 0 Å². The van der Waals surface area contributed by atoms with Crippen LogP contribution in [0.1, 0.15) is 26.3 Å². The number of methoxy groups -OCH3 is 1. The minimum atomic E-state index is -1.31. The number of carboxylic acid groups (broad SMARTS) is 1. The number of rotatable bonds is 8. The Morgan fingerprint density at radius 3 is 2.27 bits per heavy atom. The zero-order chi connectivity index (χ0) is 19.7. The Morgan fingerprint density at radius 2 is 1.77 bits per heavy atom. The molecule has 0 aromatic heterocycles. The highest BCUT2D eigenvalue weighted by Gasteiger charge is 2.43. The van der Waals surface area contributed by atoms with Crippen LogP contribution in [0.2, 0.25) is 0 Å². The molecule has 8 nitrogen and oxygen atoms in total. The van der Waals surface area contributed by atoms with Crippen molar-refractivity contribution in [2.45, 2.75) is 33.4 Å². The van der Waals surface area contributed by atoms with Gasteiger partial charge in [0.05, 0.1) is 5.92 Å². The second kappa shape index (κ2) is 9.76. The van der Waals surface area contributed by atoms with E-state index in [0.717, 1.165) is 5.56 Å². The first-order chi connectivity index (χ1) is 12.2. The summed E-state index contributed by atoms with van der Waals surface area (Å²) in [6.07, 6.45) is -0.873. The molecule has 0 saturated heterocycles. The summed E-state index contributed by atoms with van der Waals surface area (Å²) in [7, 11) is 1.38. The fraction of sp³-hybridized carbons (Fsp3) is 0.500. The lowest BCUT2D eigenvalue weighted by atomic mass is 9.76. The molecule has 0 radical (unpaired) electrons. The average molecular weight is 366 g/mol. The number of amides is 2. The monoisotopic (exact) mass is 366 g/mol. The van der Waals surface area contributed by atoms with Crippen LogP contribution in [0.15, 0.2) is 30.3 Å². The molecule has 0 aliphatic heterocycles. The van der Waals surface area contributed by atoms with E-state index in [1.165, 1.54) is 7.11 Å². The number of carbonyl (C=O) groups excluding carboxylic acids is 2. The fourth-order valence-electron chi connectivity index (χ4n) is 2.46. The molecular formula is C18H26N2O6. The van der Waals surface area contributed by atoms with Gasteiger partial charge < -0.3 is 25.2 Å². The lowest BCUT2D eigenvalue weighted by Gasteiger charge is -2.33. The number of carbonyl (C=O) groups is 3. The Kier molecular flexibility index (Phi) is 8.05. The predicted molar refractivity (Wildman–Crippen MR) is 94.2 cm³/mol. The Morgan fingerprint density at radius 1 is 1.15 bits per heavy atom. The summed E-state index contributed by atoms with van der Waals surface area (Å²) in [4.78, 5) is 36.2. The average Bonchev–Trinajstić information content (AvgIpc) is 2.56. The maximum absolute atomic E-state index is 12.4. The van der Waals surface area contributed by atoms with Gasteiger partial charge in [0.1, 0.15) is 19.4 Å². The van der Waals surface area contributed by atoms with Gasteiger partial charge in [0, 0.05) is 7.11 Å². The third-order valence-electron chi connectivity index (χ3n) is 3.69. The van der Waals surface area contributed by atoms with Gasteiger partial charge in [-0.1, -0.05) is 51.1 Å². The van der Waals surface area contributed by atoms with Crippen molar-refractivity contribution < 1.29 is 29.0 Å². The molecule has 0 fully saturated rings. The van der Waals surface area contributed by atoms with E-state index in [1.54, 1.807) is 45.0 Å². The van der Waals surface area contributed by atoms with Crippen LogP contribution in [-0.2, 0) is 25.7 Å². The number of nitrogens with one attached hydrogen (secondary N) is 2. The SMILES string of the molecule is COCNC(=O)[C@@H](NC(=O)OCc1ccccc1)C(C(=O)O)C(C)(C)C. The number of alkyl carbamates (subject to hydrolysis) is 1. The molecule has 144 valence electrons. The Balaban J connectivity index is 2.88. The summed E-state index contributed by atoms with van der Waals surface area (Å²) in [5.41, 5.74) is -0.0122. The van der Waals surface area contributed by atoms with Crippen molar-refractivity contribution in [3.63, 3.8) is 0 Å². The minimum Gasteiger partial charge on any atom is -0.481 e. The molecule has 0 bridgehead atoms. The van der Waals surface area contributed by atoms with Gasteiger partial charge in [-0.15, -0.1) is 0 Å². The molecule has 2 atom stereocenters. The highest BCUT2D eigenvalue weighted by atomic mass is 16.5. The molecule has 1 rings (SSSR count). The molecule has 0 aliphatic rings. The number of carboxylic acids is 1. The Hall–Kier alpha value is -2.61. The van der Waals surface area contributed by atoms with Gasteiger partial charge in [-0.3, -0.25) is 9.59 Å². The standard InChI is InChI=1S/C18H26N2O6/c1-18(2,3)13(16(22)23)14(15(21)19-11-25-4)20-17(24)26-10-12-8-6-5-7-9-12/h5-9,13-14H,10-11H2,1-4H3,(H,19,21)(H,20,24)(H,22,23)/t13?,14-/m0/s1. The molecule has 0 spiro atoms. The van der Waals surface area contributed by atoms with Crippen LogP contribution in [-0.4, -0.2) is 43.0 Å². The molecule has 2 amide bonds. The molecule has 1 aromatic rings. The lowest BCUT2D eigenvalue weighted by molar-refractivity contribution is -0.150. The van der Waals surface area contributed by atoms with Crippen molar-refractivity contribution in [2.75, 3.05) is 13.8 Å². The zero-order valence-corrected chi connectivity index (χ0v) is 15.4. The Bertz CT molecular complexity index is 612. The minimum absolute atomic E-state index is 0.00629. The summed E-state index contributed by atoms with van der Waals surface area (Å²) in [6, 6.07) is 7.69. The van der Waals surface area contributed by atoms with Crippen LogP contribution in [0.3, 0.4) is 0 Å². The van der Waals surface area contributed by atoms with Crippen molar-refractivity contribution in [3.05, 3.63) is 35.9 Å². The number of benzene rings is 1. The lowest BCUT2D eigenvalue weighted by Crippen LogP contribution is -2.56. The predicted octanol–water partition coefficient (Wildman–Crippen LogP) is 1.75. The van der Waals surface area contributed by atoms with Gasteiger partial charge in [0.2, 0.25) is 5.91 Å². The van der Waals surface area contributed by atoms with Crippen LogP contribution in [0.25, 0.3) is 0 Å². The fourth-order valence-corrected chi connectivity index (χ4v) is 2.46. The van der Waals surface area contributed by atoms with Crippen molar-refractivity contribution in [2.24, 2.45) is 11.3 Å². The first-order valence-electron chi connectivity index (χ1n) is 8.13. The summed E-state index contributed by atoms with van der Waals surface area (Å²) in [5, 5.41) is 14.4. The van der Waals surface area contributed by atoms with E-state index in [2.05, 4.69) is 10.6 Å². The van der Waals surface area contributed by atoms with Gasteiger partial charge >= 0.3 is 12.1 Å². The highest BCUT2D eigenvalue weighted by molar-refractivity contribution is 5.90. The Labute approximate surface area is 152 Å². The zero-order valence-electron chi connectivity index (χ0n) is 15.4. The molecule has 8 heteroatoms. The topological polar surface area (TPSA) is 114 Å². The van der Waals surface area contributed by atoms with E-state index in [9.17, 15) is 19.5 Å². The second-order valence-electron chi connectivity index (χ2n) is 6.84. The molecule has 0 saturated carbocycles. The molecule has 1 aromatic carbocycles. The number of hydrogen-bond donors (Lipinski definition) is 3. The van der Waals surface area contributed by atoms with Crippen LogP contribution < -0.4 is 10.6 Å².